The molecule has 0 spiro atoms. The maximum Gasteiger partial charge on any atom is 0.384 e. The summed E-state index contributed by atoms with van der Waals surface area (Å²) < 4.78 is 4.64. The van der Waals surface area contributed by atoms with Crippen LogP contribution >= 0.6 is 0 Å². The van der Waals surface area contributed by atoms with Gasteiger partial charge < -0.3 is 10.2 Å². The summed E-state index contributed by atoms with van der Waals surface area (Å²) in [5.41, 5.74) is 2.84. The van der Waals surface area contributed by atoms with E-state index in [-0.39, 0.29) is 0 Å². The number of ether oxygens (including phenoxy) is 1. The van der Waals surface area contributed by atoms with Crippen LogP contribution in [0.5, 0.6) is 0 Å². The Balaban J connectivity index is 2.75. The van der Waals surface area contributed by atoms with Crippen LogP contribution in [-0.2, 0) is 9.53 Å². The largest absolute Gasteiger partial charge is 0.456 e. The number of hydrogen-bond acceptors (Lipinski definition) is 5. The fourth-order valence-corrected chi connectivity index (χ4v) is 0.867. The predicted molar refractivity (Wildman–Crippen MR) is 55.6 cm³/mol. The van der Waals surface area contributed by atoms with E-state index in [1.165, 1.54) is 0 Å². The number of aromatic nitrogens is 1. The van der Waals surface area contributed by atoms with Gasteiger partial charge in [0.05, 0.1) is 6.61 Å². The molecule has 0 saturated carbocycles. The van der Waals surface area contributed by atoms with E-state index in [0.717, 1.165) is 0 Å². The molecule has 1 aromatic rings. The maximum absolute atomic E-state index is 10.9. The van der Waals surface area contributed by atoms with E-state index in [2.05, 4.69) is 27.0 Å². The second-order valence-electron chi connectivity index (χ2n) is 2.52. The molecule has 5 heteroatoms. The first-order chi connectivity index (χ1) is 7.26. The molecule has 1 aromatic heterocycles. The third-order valence-corrected chi connectivity index (χ3v) is 1.47. The molecular weight excluding hydrogens is 194 g/mol. The lowest BCUT2D eigenvalue weighted by Gasteiger charge is -1.97. The standard InChI is InChI=1S/C10H11N3O2/c1-2-15-10(14)7-6-8-4-3-5-9(12-8)13-11/h3-5H,2,11H2,1H3,(H,12,13). The fourth-order valence-electron chi connectivity index (χ4n) is 0.867. The number of nitrogen functional groups attached to an aromatic ring is 1. The van der Waals surface area contributed by atoms with Crippen molar-refractivity contribution in [2.75, 3.05) is 12.0 Å². The Morgan fingerprint density at radius 2 is 2.47 bits per heavy atom. The van der Waals surface area contributed by atoms with Gasteiger partial charge in [-0.2, -0.15) is 0 Å². The van der Waals surface area contributed by atoms with Crippen molar-refractivity contribution >= 4 is 11.8 Å². The van der Waals surface area contributed by atoms with E-state index < -0.39 is 5.97 Å². The molecule has 0 unspecified atom stereocenters. The molecule has 78 valence electrons. The minimum Gasteiger partial charge on any atom is -0.456 e. The van der Waals surface area contributed by atoms with Crippen molar-refractivity contribution in [2.45, 2.75) is 6.92 Å². The van der Waals surface area contributed by atoms with Gasteiger partial charge in [0.15, 0.2) is 0 Å². The third-order valence-electron chi connectivity index (χ3n) is 1.47. The van der Waals surface area contributed by atoms with Gasteiger partial charge in [0.1, 0.15) is 11.5 Å². The van der Waals surface area contributed by atoms with Gasteiger partial charge >= 0.3 is 5.97 Å². The number of carbonyl (C=O) groups is 1. The van der Waals surface area contributed by atoms with Gasteiger partial charge in [0, 0.05) is 5.92 Å². The number of nitrogens with one attached hydrogen (secondary N) is 1. The molecule has 0 bridgehead atoms. The van der Waals surface area contributed by atoms with Crippen LogP contribution in [0.25, 0.3) is 0 Å². The van der Waals surface area contributed by atoms with Crippen LogP contribution in [0.4, 0.5) is 5.82 Å². The van der Waals surface area contributed by atoms with Gasteiger partial charge in [-0.3, -0.25) is 0 Å². The molecule has 1 heterocycles. The van der Waals surface area contributed by atoms with Crippen LogP contribution in [0.1, 0.15) is 12.6 Å². The van der Waals surface area contributed by atoms with E-state index in [9.17, 15) is 4.79 Å². The number of nitrogens with zero attached hydrogens (tertiary/aromatic N) is 1. The smallest absolute Gasteiger partial charge is 0.384 e. The second-order valence-corrected chi connectivity index (χ2v) is 2.52. The molecule has 0 fully saturated rings. The van der Waals surface area contributed by atoms with Crippen LogP contribution in [0.15, 0.2) is 18.2 Å². The Labute approximate surface area is 87.6 Å². The number of esters is 1. The van der Waals surface area contributed by atoms with Crippen molar-refractivity contribution in [3.8, 4) is 11.8 Å². The molecule has 0 aromatic carbocycles. The normalized spacial score (nSPS) is 8.67. The second kappa shape index (κ2) is 5.62. The zero-order valence-corrected chi connectivity index (χ0v) is 8.28. The molecule has 0 amide bonds. The SMILES string of the molecule is CCOC(=O)C#Cc1cccc(NN)n1. The number of carbonyl (C=O) groups excluding carboxylic acids is 1. The number of hydrazine groups is 1. The molecule has 15 heavy (non-hydrogen) atoms. The highest BCUT2D eigenvalue weighted by Gasteiger charge is 1.94. The van der Waals surface area contributed by atoms with E-state index >= 15 is 0 Å². The Morgan fingerprint density at radius 1 is 1.67 bits per heavy atom. The Bertz CT molecular complexity index is 407. The molecule has 0 saturated heterocycles. The van der Waals surface area contributed by atoms with Crippen LogP contribution in [-0.4, -0.2) is 17.6 Å². The highest BCUT2D eigenvalue weighted by molar-refractivity contribution is 5.89. The quantitative estimate of drug-likeness (QED) is 0.314. The zero-order chi connectivity index (χ0) is 11.1. The molecule has 0 aliphatic rings. The first-order valence-corrected chi connectivity index (χ1v) is 4.38. The first kappa shape index (κ1) is 11.0. The first-order valence-electron chi connectivity index (χ1n) is 4.38. The minimum absolute atomic E-state index is 0.311. The number of rotatable bonds is 2. The van der Waals surface area contributed by atoms with Gasteiger partial charge in [0.25, 0.3) is 0 Å². The van der Waals surface area contributed by atoms with Crippen molar-refractivity contribution in [1.29, 1.82) is 0 Å². The summed E-state index contributed by atoms with van der Waals surface area (Å²) >= 11 is 0. The molecular formula is C10H11N3O2. The van der Waals surface area contributed by atoms with Crippen molar-refractivity contribution in [3.05, 3.63) is 23.9 Å². The Kier molecular flexibility index (Phi) is 4.13. The number of anilines is 1. The lowest BCUT2D eigenvalue weighted by atomic mass is 10.3. The van der Waals surface area contributed by atoms with Crippen LogP contribution in [0, 0.1) is 11.8 Å². The summed E-state index contributed by atoms with van der Waals surface area (Å²) in [6, 6.07) is 5.10. The fraction of sp³-hybridized carbons (Fsp3) is 0.200. The van der Waals surface area contributed by atoms with E-state index in [1.807, 2.05) is 0 Å². The highest BCUT2D eigenvalue weighted by Crippen LogP contribution is 2.01. The van der Waals surface area contributed by atoms with Gasteiger partial charge in [-0.25, -0.2) is 15.6 Å². The summed E-state index contributed by atoms with van der Waals surface area (Å²) in [6.07, 6.45) is 0. The molecule has 0 aliphatic carbocycles. The summed E-state index contributed by atoms with van der Waals surface area (Å²) in [7, 11) is 0. The topological polar surface area (TPSA) is 77.2 Å². The lowest BCUT2D eigenvalue weighted by Crippen LogP contribution is -2.08. The Hall–Kier alpha value is -2.06. The molecule has 5 nitrogen and oxygen atoms in total. The summed E-state index contributed by atoms with van der Waals surface area (Å²) in [4.78, 5) is 14.9. The summed E-state index contributed by atoms with van der Waals surface area (Å²) in [5.74, 6) is 9.98. The highest BCUT2D eigenvalue weighted by atomic mass is 16.5. The molecule has 1 rings (SSSR count). The van der Waals surface area contributed by atoms with Crippen LogP contribution in [0.3, 0.4) is 0 Å². The van der Waals surface area contributed by atoms with Gasteiger partial charge in [0.2, 0.25) is 0 Å². The zero-order valence-electron chi connectivity index (χ0n) is 8.28. The van der Waals surface area contributed by atoms with Crippen molar-refractivity contribution in [2.24, 2.45) is 5.84 Å². The van der Waals surface area contributed by atoms with Crippen molar-refractivity contribution in [3.63, 3.8) is 0 Å². The van der Waals surface area contributed by atoms with Crippen molar-refractivity contribution in [1.82, 2.24) is 4.98 Å². The number of nitrogens with two attached hydrogens (primary N) is 1. The average Bonchev–Trinajstić information content (AvgIpc) is 2.27. The van der Waals surface area contributed by atoms with E-state index in [0.29, 0.717) is 18.1 Å². The predicted octanol–water partition coefficient (Wildman–Crippen LogP) is 0.282. The lowest BCUT2D eigenvalue weighted by molar-refractivity contribution is -0.136. The molecule has 0 aliphatic heterocycles. The average molecular weight is 205 g/mol. The monoisotopic (exact) mass is 205 g/mol. The van der Waals surface area contributed by atoms with Crippen LogP contribution < -0.4 is 11.3 Å². The number of hydrogen-bond donors (Lipinski definition) is 2. The number of pyridine rings is 1. The van der Waals surface area contributed by atoms with Gasteiger partial charge in [-0.1, -0.05) is 6.07 Å². The molecule has 0 atom stereocenters. The van der Waals surface area contributed by atoms with E-state index in [1.54, 1.807) is 25.1 Å². The maximum atomic E-state index is 10.9. The van der Waals surface area contributed by atoms with Gasteiger partial charge in [-0.05, 0) is 25.0 Å². The Morgan fingerprint density at radius 3 is 3.13 bits per heavy atom. The van der Waals surface area contributed by atoms with Crippen molar-refractivity contribution < 1.29 is 9.53 Å². The summed E-state index contributed by atoms with van der Waals surface area (Å²) in [6.45, 7) is 2.03. The third kappa shape index (κ3) is 3.67. The minimum atomic E-state index is -0.564. The van der Waals surface area contributed by atoms with Crippen LogP contribution in [0.2, 0.25) is 0 Å². The van der Waals surface area contributed by atoms with E-state index in [4.69, 9.17) is 5.84 Å². The van der Waals surface area contributed by atoms with Gasteiger partial charge in [-0.15, -0.1) is 0 Å². The molecule has 0 radical (unpaired) electrons. The molecule has 3 N–H and O–H groups in total. The summed E-state index contributed by atoms with van der Waals surface area (Å²) in [5, 5.41) is 0.